The zero-order valence-corrected chi connectivity index (χ0v) is 20.8. The van der Waals surface area contributed by atoms with Gasteiger partial charge in [0.15, 0.2) is 5.82 Å². The summed E-state index contributed by atoms with van der Waals surface area (Å²) in [5.41, 5.74) is 2.15. The van der Waals surface area contributed by atoms with Crippen LogP contribution in [0.4, 0.5) is 10.6 Å². The highest BCUT2D eigenvalue weighted by atomic mass is 16.6. The molecule has 0 radical (unpaired) electrons. The summed E-state index contributed by atoms with van der Waals surface area (Å²) in [7, 11) is 0. The molecule has 0 aliphatic carbocycles. The lowest BCUT2D eigenvalue weighted by atomic mass is 9.88. The molecular formula is C27H38N4O3. The van der Waals surface area contributed by atoms with E-state index in [-0.39, 0.29) is 17.7 Å². The van der Waals surface area contributed by atoms with Gasteiger partial charge in [-0.15, -0.1) is 6.58 Å². The SMILES string of the molecule is C=CCO[C@@H]1CCN(c2cc(C)n(C3CCN(C(=O)OCc4ccccc4)CC3)n2)C(C)(C)C1. The van der Waals surface area contributed by atoms with Crippen LogP contribution in [-0.4, -0.2) is 58.7 Å². The van der Waals surface area contributed by atoms with Crippen molar-refractivity contribution < 1.29 is 14.3 Å². The van der Waals surface area contributed by atoms with Crippen LogP contribution in [0.2, 0.25) is 0 Å². The lowest BCUT2D eigenvalue weighted by Crippen LogP contribution is -2.52. The second-order valence-corrected chi connectivity index (χ2v) is 10.0. The monoisotopic (exact) mass is 466 g/mol. The maximum Gasteiger partial charge on any atom is 0.410 e. The molecule has 0 saturated carbocycles. The summed E-state index contributed by atoms with van der Waals surface area (Å²) in [5.74, 6) is 1.04. The van der Waals surface area contributed by atoms with E-state index >= 15 is 0 Å². The number of aromatic nitrogens is 2. The van der Waals surface area contributed by atoms with Gasteiger partial charge in [0, 0.05) is 36.9 Å². The molecule has 184 valence electrons. The third kappa shape index (κ3) is 5.63. The molecule has 34 heavy (non-hydrogen) atoms. The number of likely N-dealkylation sites (tertiary alicyclic amines) is 1. The normalized spacial score (nSPS) is 20.9. The Hall–Kier alpha value is -2.80. The lowest BCUT2D eigenvalue weighted by Gasteiger charge is -2.45. The Balaban J connectivity index is 1.32. The predicted octanol–water partition coefficient (Wildman–Crippen LogP) is 5.12. The average molecular weight is 467 g/mol. The van der Waals surface area contributed by atoms with Gasteiger partial charge in [-0.2, -0.15) is 5.10 Å². The van der Waals surface area contributed by atoms with Crippen molar-refractivity contribution in [2.75, 3.05) is 31.1 Å². The Morgan fingerprint density at radius 3 is 2.59 bits per heavy atom. The molecule has 2 aromatic rings. The van der Waals surface area contributed by atoms with Gasteiger partial charge in [0.25, 0.3) is 0 Å². The molecule has 0 unspecified atom stereocenters. The molecule has 2 aliphatic rings. The molecule has 1 atom stereocenters. The predicted molar refractivity (Wildman–Crippen MR) is 134 cm³/mol. The van der Waals surface area contributed by atoms with Crippen molar-refractivity contribution in [3.63, 3.8) is 0 Å². The summed E-state index contributed by atoms with van der Waals surface area (Å²) in [6, 6.07) is 12.3. The molecule has 7 heteroatoms. The van der Waals surface area contributed by atoms with Crippen molar-refractivity contribution in [3.05, 3.63) is 60.3 Å². The van der Waals surface area contributed by atoms with E-state index in [1.54, 1.807) is 0 Å². The number of hydrogen-bond acceptors (Lipinski definition) is 5. The molecule has 2 aliphatic heterocycles. The first-order valence-electron chi connectivity index (χ1n) is 12.4. The molecule has 0 spiro atoms. The molecule has 1 amide bonds. The van der Waals surface area contributed by atoms with Crippen molar-refractivity contribution in [2.45, 2.75) is 70.7 Å². The summed E-state index contributed by atoms with van der Waals surface area (Å²) in [4.78, 5) is 16.7. The molecule has 4 rings (SSSR count). The van der Waals surface area contributed by atoms with Gasteiger partial charge < -0.3 is 19.3 Å². The third-order valence-electron chi connectivity index (χ3n) is 7.04. The number of aryl methyl sites for hydroxylation is 1. The lowest BCUT2D eigenvalue weighted by molar-refractivity contribution is 0.0336. The Morgan fingerprint density at radius 1 is 1.18 bits per heavy atom. The van der Waals surface area contributed by atoms with E-state index in [0.717, 1.165) is 43.6 Å². The fourth-order valence-corrected chi connectivity index (χ4v) is 5.19. The van der Waals surface area contributed by atoms with E-state index in [9.17, 15) is 4.79 Å². The van der Waals surface area contributed by atoms with Crippen LogP contribution in [0.3, 0.4) is 0 Å². The summed E-state index contributed by atoms with van der Waals surface area (Å²) < 4.78 is 13.6. The fraction of sp³-hybridized carbons (Fsp3) is 0.556. The minimum Gasteiger partial charge on any atom is -0.445 e. The molecule has 0 N–H and O–H groups in total. The first kappa shape index (κ1) is 24.3. The number of piperidine rings is 2. The van der Waals surface area contributed by atoms with Crippen molar-refractivity contribution in [1.29, 1.82) is 0 Å². The van der Waals surface area contributed by atoms with Crippen molar-refractivity contribution in [1.82, 2.24) is 14.7 Å². The Labute approximate surface area is 203 Å². The quantitative estimate of drug-likeness (QED) is 0.531. The number of rotatable bonds is 7. The zero-order valence-electron chi connectivity index (χ0n) is 20.8. The van der Waals surface area contributed by atoms with E-state index in [4.69, 9.17) is 14.6 Å². The summed E-state index contributed by atoms with van der Waals surface area (Å²) >= 11 is 0. The van der Waals surface area contributed by atoms with Crippen LogP contribution in [-0.2, 0) is 16.1 Å². The number of hydrogen-bond donors (Lipinski definition) is 0. The average Bonchev–Trinajstić information content (AvgIpc) is 3.22. The molecule has 0 bridgehead atoms. The van der Waals surface area contributed by atoms with Gasteiger partial charge >= 0.3 is 6.09 Å². The molecule has 1 aromatic heterocycles. The minimum atomic E-state index is -0.233. The maximum absolute atomic E-state index is 12.5. The number of carbonyl (C=O) groups excluding carboxylic acids is 1. The van der Waals surface area contributed by atoms with Gasteiger partial charge in [0.05, 0.1) is 18.8 Å². The van der Waals surface area contributed by atoms with E-state index in [2.05, 4.69) is 43.0 Å². The summed E-state index contributed by atoms with van der Waals surface area (Å²) in [6.45, 7) is 13.6. The highest BCUT2D eigenvalue weighted by Crippen LogP contribution is 2.35. The second-order valence-electron chi connectivity index (χ2n) is 10.0. The summed E-state index contributed by atoms with van der Waals surface area (Å²) in [6.07, 6.45) is 5.57. The van der Waals surface area contributed by atoms with E-state index in [0.29, 0.717) is 32.3 Å². The van der Waals surface area contributed by atoms with Crippen LogP contribution < -0.4 is 4.90 Å². The largest absolute Gasteiger partial charge is 0.445 e. The molecule has 2 fully saturated rings. The number of carbonyl (C=O) groups is 1. The summed E-state index contributed by atoms with van der Waals surface area (Å²) in [5, 5.41) is 5.04. The van der Waals surface area contributed by atoms with Crippen LogP contribution in [0.5, 0.6) is 0 Å². The van der Waals surface area contributed by atoms with E-state index in [1.807, 2.05) is 41.3 Å². The zero-order chi connectivity index (χ0) is 24.1. The number of ether oxygens (including phenoxy) is 2. The number of benzene rings is 1. The number of anilines is 1. The fourth-order valence-electron chi connectivity index (χ4n) is 5.19. The highest BCUT2D eigenvalue weighted by molar-refractivity contribution is 5.67. The van der Waals surface area contributed by atoms with E-state index < -0.39 is 0 Å². The van der Waals surface area contributed by atoms with Gasteiger partial charge in [-0.1, -0.05) is 36.4 Å². The topological polar surface area (TPSA) is 59.8 Å². The molecule has 3 heterocycles. The maximum atomic E-state index is 12.5. The van der Waals surface area contributed by atoms with Gasteiger partial charge in [-0.25, -0.2) is 4.79 Å². The molecular weight excluding hydrogens is 428 g/mol. The minimum absolute atomic E-state index is 0.0262. The van der Waals surface area contributed by atoms with Crippen LogP contribution >= 0.6 is 0 Å². The first-order chi connectivity index (χ1) is 16.4. The van der Waals surface area contributed by atoms with Crippen molar-refractivity contribution >= 4 is 11.9 Å². The first-order valence-corrected chi connectivity index (χ1v) is 12.4. The van der Waals surface area contributed by atoms with Gasteiger partial charge in [-0.05, 0) is 52.0 Å². The Kier molecular flexibility index (Phi) is 7.61. The van der Waals surface area contributed by atoms with Crippen LogP contribution in [0, 0.1) is 6.92 Å². The molecule has 2 saturated heterocycles. The van der Waals surface area contributed by atoms with Gasteiger partial charge in [0.2, 0.25) is 0 Å². The van der Waals surface area contributed by atoms with Crippen LogP contribution in [0.25, 0.3) is 0 Å². The highest BCUT2D eigenvalue weighted by Gasteiger charge is 2.37. The second kappa shape index (κ2) is 10.6. The van der Waals surface area contributed by atoms with E-state index in [1.165, 1.54) is 5.69 Å². The third-order valence-corrected chi connectivity index (χ3v) is 7.04. The number of amides is 1. The standard InChI is InChI=1S/C27H38N4O3/c1-5-17-33-24-13-16-30(27(3,4)19-24)25-18-21(2)31(28-25)23-11-14-29(15-12-23)26(32)34-20-22-9-7-6-8-10-22/h5-10,18,23-24H,1,11-17,19-20H2,2-4H3/t24-/m1/s1. The van der Waals surface area contributed by atoms with Gasteiger partial charge in [-0.3, -0.25) is 4.68 Å². The van der Waals surface area contributed by atoms with Crippen molar-refractivity contribution in [2.24, 2.45) is 0 Å². The smallest absolute Gasteiger partial charge is 0.410 e. The van der Waals surface area contributed by atoms with Crippen LogP contribution in [0.1, 0.15) is 56.8 Å². The number of nitrogens with zero attached hydrogens (tertiary/aromatic N) is 4. The Bertz CT molecular complexity index is 964. The van der Waals surface area contributed by atoms with Crippen LogP contribution in [0.15, 0.2) is 49.1 Å². The molecule has 7 nitrogen and oxygen atoms in total. The Morgan fingerprint density at radius 2 is 1.91 bits per heavy atom. The van der Waals surface area contributed by atoms with Crippen molar-refractivity contribution in [3.8, 4) is 0 Å². The van der Waals surface area contributed by atoms with Gasteiger partial charge in [0.1, 0.15) is 6.61 Å². The molecule has 1 aromatic carbocycles.